The molecule has 0 unspecified atom stereocenters. The second-order valence-corrected chi connectivity index (χ2v) is 5.58. The second kappa shape index (κ2) is 10.2. The Labute approximate surface area is 149 Å². The summed E-state index contributed by atoms with van der Waals surface area (Å²) in [6, 6.07) is 4.11. The Balaban J connectivity index is 0. The van der Waals surface area contributed by atoms with Crippen LogP contribution in [0, 0.1) is 0 Å². The molecule has 0 aromatic heterocycles. The fourth-order valence-electron chi connectivity index (χ4n) is 2.92. The molecule has 2 aliphatic rings. The van der Waals surface area contributed by atoms with Crippen LogP contribution in [0.1, 0.15) is 84.8 Å². The van der Waals surface area contributed by atoms with Gasteiger partial charge in [-0.3, -0.25) is 0 Å². The average Bonchev–Trinajstić information content (AvgIpc) is 2.50. The Hall–Kier alpha value is -1.77. The summed E-state index contributed by atoms with van der Waals surface area (Å²) < 4.78 is 5.18. The molecule has 0 spiro atoms. The van der Waals surface area contributed by atoms with Gasteiger partial charge in [0.25, 0.3) is 0 Å². The lowest BCUT2D eigenvalue weighted by Crippen LogP contribution is -2.33. The Kier molecular flexibility index (Phi) is 10.4. The number of nitrogens with one attached hydrogen (secondary N) is 1. The van der Waals surface area contributed by atoms with Crippen LogP contribution in [-0.4, -0.2) is 18.1 Å². The minimum Gasteiger partial charge on any atom is -0.462 e. The van der Waals surface area contributed by atoms with E-state index in [1.807, 2.05) is 33.8 Å². The molecule has 3 heteroatoms. The van der Waals surface area contributed by atoms with Gasteiger partial charge in [-0.25, -0.2) is 4.79 Å². The highest BCUT2D eigenvalue weighted by molar-refractivity contribution is 6.01. The van der Waals surface area contributed by atoms with Crippen LogP contribution < -0.4 is 5.32 Å². The molecule has 2 heterocycles. The van der Waals surface area contributed by atoms with E-state index >= 15 is 0 Å². The van der Waals surface area contributed by atoms with Crippen LogP contribution >= 0.6 is 0 Å². The maximum absolute atomic E-state index is 12.0. The molecular formula is C21H37NO2. The smallest absolute Gasteiger partial charge is 0.339 e. The lowest BCUT2D eigenvalue weighted by Gasteiger charge is -2.33. The Morgan fingerprint density at radius 2 is 1.62 bits per heavy atom. The molecule has 0 amide bonds. The Morgan fingerprint density at radius 3 is 2.21 bits per heavy atom. The molecular weight excluding hydrogens is 298 g/mol. The van der Waals surface area contributed by atoms with Gasteiger partial charge in [0.15, 0.2) is 0 Å². The number of anilines is 1. The summed E-state index contributed by atoms with van der Waals surface area (Å²) in [5.41, 5.74) is 4.94. The van der Waals surface area contributed by atoms with Crippen molar-refractivity contribution in [2.45, 2.75) is 75.3 Å². The molecule has 0 bridgehead atoms. The van der Waals surface area contributed by atoms with Gasteiger partial charge < -0.3 is 10.1 Å². The molecule has 0 radical (unpaired) electrons. The van der Waals surface area contributed by atoms with Crippen molar-refractivity contribution in [1.29, 1.82) is 0 Å². The summed E-state index contributed by atoms with van der Waals surface area (Å²) in [7, 11) is 0. The molecule has 1 N–H and O–H groups in total. The molecule has 2 aliphatic heterocycles. The third-order valence-corrected chi connectivity index (χ3v) is 3.53. The van der Waals surface area contributed by atoms with Crippen molar-refractivity contribution in [3.8, 4) is 0 Å². The normalized spacial score (nSPS) is 15.6. The maximum atomic E-state index is 12.0. The number of carbonyl (C=O) groups excluding carboxylic acids is 1. The lowest BCUT2D eigenvalue weighted by atomic mass is 9.85. The minimum absolute atomic E-state index is 0. The van der Waals surface area contributed by atoms with Crippen LogP contribution in [0.5, 0.6) is 0 Å². The summed E-state index contributed by atoms with van der Waals surface area (Å²) in [6.07, 6.45) is 2.97. The van der Waals surface area contributed by atoms with Crippen molar-refractivity contribution in [3.63, 3.8) is 0 Å². The standard InChI is InChI=1S/C15H17NO2.2C2H6.2CH4/c1-9-8-15(2,3)16-11-5-4-10-6-7-18-14(17)13(10)12(9)11;2*1-2;;/h4-5,8,16H,6-7H2,1-3H3;2*1-2H3;2*1H4. The topological polar surface area (TPSA) is 38.3 Å². The second-order valence-electron chi connectivity index (χ2n) is 5.58. The van der Waals surface area contributed by atoms with Gasteiger partial charge in [-0.05, 0) is 38.0 Å². The minimum atomic E-state index is -0.192. The summed E-state index contributed by atoms with van der Waals surface area (Å²) in [5.74, 6) is -0.192. The average molecular weight is 336 g/mol. The van der Waals surface area contributed by atoms with E-state index in [4.69, 9.17) is 4.74 Å². The van der Waals surface area contributed by atoms with E-state index in [2.05, 4.69) is 38.2 Å². The number of hydrogen-bond donors (Lipinski definition) is 1. The van der Waals surface area contributed by atoms with E-state index in [9.17, 15) is 4.79 Å². The Morgan fingerprint density at radius 1 is 1.04 bits per heavy atom. The molecule has 1 aromatic rings. The SMILES string of the molecule is C.C.CC.CC.CC1=CC(C)(C)Nc2ccc3c(c21)C(=O)OCC3. The Bertz CT molecular complexity index is 571. The number of hydrogen-bond acceptors (Lipinski definition) is 3. The lowest BCUT2D eigenvalue weighted by molar-refractivity contribution is 0.0480. The molecule has 0 aliphatic carbocycles. The number of allylic oxidation sites excluding steroid dienone is 1. The zero-order valence-corrected chi connectivity index (χ0v) is 15.0. The van der Waals surface area contributed by atoms with Gasteiger partial charge >= 0.3 is 5.97 Å². The van der Waals surface area contributed by atoms with Gasteiger partial charge in [0.1, 0.15) is 0 Å². The first kappa shape index (κ1) is 24.5. The molecule has 0 saturated carbocycles. The number of cyclic esters (lactones) is 1. The van der Waals surface area contributed by atoms with Gasteiger partial charge in [-0.2, -0.15) is 0 Å². The molecule has 3 nitrogen and oxygen atoms in total. The summed E-state index contributed by atoms with van der Waals surface area (Å²) in [5, 5.41) is 3.45. The third-order valence-electron chi connectivity index (χ3n) is 3.53. The van der Waals surface area contributed by atoms with E-state index in [1.165, 1.54) is 0 Å². The fraction of sp³-hybridized carbons (Fsp3) is 0.571. The van der Waals surface area contributed by atoms with Crippen LogP contribution in [0.2, 0.25) is 0 Å². The summed E-state index contributed by atoms with van der Waals surface area (Å²) >= 11 is 0. The van der Waals surface area contributed by atoms with Gasteiger partial charge in [0, 0.05) is 17.7 Å². The molecule has 1 aromatic carbocycles. The first-order chi connectivity index (χ1) is 10.5. The molecule has 0 fully saturated rings. The van der Waals surface area contributed by atoms with E-state index in [0.29, 0.717) is 6.61 Å². The highest BCUT2D eigenvalue weighted by Crippen LogP contribution is 2.38. The van der Waals surface area contributed by atoms with Crippen LogP contribution in [0.3, 0.4) is 0 Å². The molecule has 0 saturated heterocycles. The van der Waals surface area contributed by atoms with E-state index in [0.717, 1.165) is 34.4 Å². The monoisotopic (exact) mass is 335 g/mol. The van der Waals surface area contributed by atoms with Crippen molar-refractivity contribution in [2.75, 3.05) is 11.9 Å². The zero-order valence-electron chi connectivity index (χ0n) is 15.0. The molecule has 138 valence electrons. The van der Waals surface area contributed by atoms with E-state index in [-0.39, 0.29) is 26.4 Å². The van der Waals surface area contributed by atoms with Crippen LogP contribution in [0.15, 0.2) is 18.2 Å². The first-order valence-electron chi connectivity index (χ1n) is 8.29. The van der Waals surface area contributed by atoms with Gasteiger partial charge in [-0.15, -0.1) is 0 Å². The molecule has 24 heavy (non-hydrogen) atoms. The number of fused-ring (bicyclic) bond motifs is 3. The predicted molar refractivity (Wildman–Crippen MR) is 108 cm³/mol. The number of ether oxygens (including phenoxy) is 1. The third kappa shape index (κ3) is 4.86. The van der Waals surface area contributed by atoms with Crippen LogP contribution in [0.25, 0.3) is 5.57 Å². The largest absolute Gasteiger partial charge is 0.462 e. The van der Waals surface area contributed by atoms with Crippen molar-refractivity contribution in [1.82, 2.24) is 0 Å². The maximum Gasteiger partial charge on any atom is 0.339 e. The first-order valence-corrected chi connectivity index (χ1v) is 8.29. The number of benzene rings is 1. The summed E-state index contributed by atoms with van der Waals surface area (Å²) in [6.45, 7) is 14.8. The molecule has 3 rings (SSSR count). The highest BCUT2D eigenvalue weighted by atomic mass is 16.5. The zero-order chi connectivity index (χ0) is 16.9. The van der Waals surface area contributed by atoms with Gasteiger partial charge in [-0.1, -0.05) is 54.7 Å². The van der Waals surface area contributed by atoms with Crippen molar-refractivity contribution in [3.05, 3.63) is 34.9 Å². The fourth-order valence-corrected chi connectivity index (χ4v) is 2.92. The quantitative estimate of drug-likeness (QED) is 0.563. The van der Waals surface area contributed by atoms with Gasteiger partial charge in [0.2, 0.25) is 0 Å². The van der Waals surface area contributed by atoms with E-state index < -0.39 is 0 Å². The van der Waals surface area contributed by atoms with E-state index in [1.54, 1.807) is 0 Å². The van der Waals surface area contributed by atoms with Crippen molar-refractivity contribution >= 4 is 17.2 Å². The summed E-state index contributed by atoms with van der Waals surface area (Å²) in [4.78, 5) is 12.0. The number of rotatable bonds is 0. The highest BCUT2D eigenvalue weighted by Gasteiger charge is 2.30. The predicted octanol–water partition coefficient (Wildman–Crippen LogP) is 6.33. The van der Waals surface area contributed by atoms with Crippen LogP contribution in [-0.2, 0) is 11.2 Å². The van der Waals surface area contributed by atoms with Crippen molar-refractivity contribution < 1.29 is 9.53 Å². The number of esters is 1. The van der Waals surface area contributed by atoms with Crippen LogP contribution in [0.4, 0.5) is 5.69 Å². The van der Waals surface area contributed by atoms with Crippen molar-refractivity contribution in [2.24, 2.45) is 0 Å². The molecule has 0 atom stereocenters. The number of carbonyl (C=O) groups is 1. The van der Waals surface area contributed by atoms with Gasteiger partial charge in [0.05, 0.1) is 17.7 Å².